The third-order valence-corrected chi connectivity index (χ3v) is 4.42. The predicted molar refractivity (Wildman–Crippen MR) is 95.5 cm³/mol. The Bertz CT molecular complexity index is 698. The second-order valence-corrected chi connectivity index (χ2v) is 6.26. The van der Waals surface area contributed by atoms with Crippen LogP contribution in [0, 0.1) is 0 Å². The average Bonchev–Trinajstić information content (AvgIpc) is 2.60. The van der Waals surface area contributed by atoms with Gasteiger partial charge in [0.25, 0.3) is 0 Å². The Morgan fingerprint density at radius 2 is 1.83 bits per heavy atom. The van der Waals surface area contributed by atoms with Crippen molar-refractivity contribution in [3.8, 4) is 0 Å². The van der Waals surface area contributed by atoms with Crippen molar-refractivity contribution in [2.24, 2.45) is 0 Å². The molecule has 24 heavy (non-hydrogen) atoms. The van der Waals surface area contributed by atoms with Gasteiger partial charge in [-0.25, -0.2) is 24.7 Å². The van der Waals surface area contributed by atoms with Crippen LogP contribution >= 0.6 is 11.8 Å². The van der Waals surface area contributed by atoms with Crippen LogP contribution in [0.3, 0.4) is 0 Å². The highest BCUT2D eigenvalue weighted by atomic mass is 32.2. The molecule has 2 heterocycles. The van der Waals surface area contributed by atoms with Gasteiger partial charge in [-0.3, -0.25) is 0 Å². The lowest BCUT2D eigenvalue weighted by Gasteiger charge is -2.36. The minimum Gasteiger partial charge on any atom is -0.464 e. The van der Waals surface area contributed by atoms with Crippen LogP contribution in [-0.4, -0.2) is 51.4 Å². The maximum absolute atomic E-state index is 11.3. The summed E-state index contributed by atoms with van der Waals surface area (Å²) in [5.74, 6) is 0.805. The first-order chi connectivity index (χ1) is 11.7. The van der Waals surface area contributed by atoms with Gasteiger partial charge in [0, 0.05) is 32.2 Å². The van der Waals surface area contributed by atoms with Crippen molar-refractivity contribution in [2.45, 2.75) is 29.8 Å². The molecule has 0 radical (unpaired) electrons. The lowest BCUT2D eigenvalue weighted by molar-refractivity contribution is 0.0593. The fourth-order valence-corrected chi connectivity index (χ4v) is 2.67. The molecule has 0 aliphatic heterocycles. The molecule has 2 aromatic heterocycles. The Morgan fingerprint density at radius 1 is 1.12 bits per heavy atom. The summed E-state index contributed by atoms with van der Waals surface area (Å²) in [7, 11) is 1.32. The van der Waals surface area contributed by atoms with Crippen molar-refractivity contribution in [1.29, 1.82) is 0 Å². The maximum atomic E-state index is 11.3. The summed E-state index contributed by atoms with van der Waals surface area (Å²) in [6.07, 6.45) is 10.4. The summed E-state index contributed by atoms with van der Waals surface area (Å²) >= 11 is 1.62. The zero-order chi connectivity index (χ0) is 16.9. The smallest absolute Gasteiger partial charge is 0.358 e. The number of hydrogen-bond acceptors (Lipinski definition) is 9. The summed E-state index contributed by atoms with van der Waals surface area (Å²) in [6, 6.07) is 0.649. The molecule has 2 aromatic rings. The fraction of sp³-hybridized carbons (Fsp3) is 0.400. The van der Waals surface area contributed by atoms with Gasteiger partial charge >= 0.3 is 5.97 Å². The van der Waals surface area contributed by atoms with Crippen molar-refractivity contribution in [2.75, 3.05) is 24.0 Å². The van der Waals surface area contributed by atoms with Crippen LogP contribution in [0.15, 0.2) is 29.7 Å². The van der Waals surface area contributed by atoms with Crippen molar-refractivity contribution < 1.29 is 12.4 Å². The SMILES string of the molecule is COC(=O)c1cnc(NC2CC(Nc3ncc(SC)cn3)C2)cn1.[HH].[HH]. The molecule has 1 saturated carbocycles. The molecule has 0 aromatic carbocycles. The number of anilines is 2. The van der Waals surface area contributed by atoms with Crippen LogP contribution in [-0.2, 0) is 4.74 Å². The minimum absolute atomic E-state index is 0. The van der Waals surface area contributed by atoms with Crippen molar-refractivity contribution >= 4 is 29.5 Å². The van der Waals surface area contributed by atoms with Crippen LogP contribution < -0.4 is 10.6 Å². The molecule has 130 valence electrons. The van der Waals surface area contributed by atoms with E-state index in [4.69, 9.17) is 0 Å². The molecule has 0 unspecified atom stereocenters. The number of nitrogens with one attached hydrogen (secondary N) is 2. The van der Waals surface area contributed by atoms with Gasteiger partial charge in [0.2, 0.25) is 5.95 Å². The number of esters is 1. The van der Waals surface area contributed by atoms with Crippen molar-refractivity contribution in [3.63, 3.8) is 0 Å². The average molecular weight is 350 g/mol. The van der Waals surface area contributed by atoms with Gasteiger partial charge in [-0.05, 0) is 19.1 Å². The predicted octanol–water partition coefficient (Wildman–Crippen LogP) is 2.32. The first-order valence-corrected chi connectivity index (χ1v) is 8.70. The van der Waals surface area contributed by atoms with E-state index in [9.17, 15) is 4.79 Å². The van der Waals surface area contributed by atoms with Crippen LogP contribution in [0.2, 0.25) is 0 Å². The van der Waals surface area contributed by atoms with E-state index in [0.29, 0.717) is 23.8 Å². The lowest BCUT2D eigenvalue weighted by Crippen LogP contribution is -2.44. The minimum atomic E-state index is -0.491. The zero-order valence-electron chi connectivity index (χ0n) is 13.4. The van der Waals surface area contributed by atoms with Crippen LogP contribution in [0.25, 0.3) is 0 Å². The largest absolute Gasteiger partial charge is 0.464 e. The Morgan fingerprint density at radius 3 is 2.42 bits per heavy atom. The van der Waals surface area contributed by atoms with Gasteiger partial charge in [0.1, 0.15) is 5.82 Å². The molecule has 0 saturated heterocycles. The molecular formula is C15H22N6O2S. The number of carbonyl (C=O) groups excluding carboxylic acids is 1. The van der Waals surface area contributed by atoms with Crippen LogP contribution in [0.1, 0.15) is 26.2 Å². The van der Waals surface area contributed by atoms with Gasteiger partial charge in [-0.15, -0.1) is 11.8 Å². The number of rotatable bonds is 6. The molecule has 0 amide bonds. The summed E-state index contributed by atoms with van der Waals surface area (Å²) in [6.45, 7) is 0. The fourth-order valence-electron chi connectivity index (χ4n) is 2.35. The molecule has 1 aliphatic rings. The first kappa shape index (κ1) is 16.4. The summed E-state index contributed by atoms with van der Waals surface area (Å²) in [5.41, 5.74) is 0.196. The van der Waals surface area contributed by atoms with E-state index in [-0.39, 0.29) is 8.55 Å². The Labute approximate surface area is 146 Å². The third kappa shape index (κ3) is 3.91. The molecule has 0 bridgehead atoms. The molecule has 1 fully saturated rings. The second-order valence-electron chi connectivity index (χ2n) is 5.38. The molecule has 3 rings (SSSR count). The van der Waals surface area contributed by atoms with Gasteiger partial charge in [-0.2, -0.15) is 0 Å². The van der Waals surface area contributed by atoms with Crippen LogP contribution in [0.5, 0.6) is 0 Å². The van der Waals surface area contributed by atoms with Crippen molar-refractivity contribution in [3.05, 3.63) is 30.5 Å². The number of thioether (sulfide) groups is 1. The number of methoxy groups -OCH3 is 1. The van der Waals surface area contributed by atoms with Crippen molar-refractivity contribution in [1.82, 2.24) is 19.9 Å². The molecule has 0 spiro atoms. The standard InChI is InChI=1S/C15H18N6O2S.2H2/c1-23-14(22)12-7-17-13(8-16-12)20-9-3-10(4-9)21-15-18-5-11(24-2)6-19-15;;/h5-10H,3-4H2,1-2H3,(H,17,20)(H,18,19,21);2*1H. The zero-order valence-corrected chi connectivity index (χ0v) is 14.2. The number of hydrogen-bond donors (Lipinski definition) is 2. The highest BCUT2D eigenvalue weighted by molar-refractivity contribution is 7.98. The van der Waals surface area contributed by atoms with E-state index < -0.39 is 5.97 Å². The maximum Gasteiger partial charge on any atom is 0.358 e. The second kappa shape index (κ2) is 7.43. The molecule has 0 atom stereocenters. The van der Waals surface area contributed by atoms with Gasteiger partial charge in [0.15, 0.2) is 5.69 Å². The van der Waals surface area contributed by atoms with Gasteiger partial charge in [0.05, 0.1) is 19.5 Å². The van der Waals surface area contributed by atoms with E-state index in [2.05, 4.69) is 35.3 Å². The topological polar surface area (TPSA) is 102 Å². The van der Waals surface area contributed by atoms with E-state index >= 15 is 0 Å². The number of carbonyl (C=O) groups is 1. The highest BCUT2D eigenvalue weighted by Gasteiger charge is 2.29. The third-order valence-electron chi connectivity index (χ3n) is 3.73. The van der Waals surface area contributed by atoms with E-state index in [1.165, 1.54) is 19.5 Å². The Balaban J connectivity index is 0.00000169. The van der Waals surface area contributed by atoms with Gasteiger partial charge in [-0.1, -0.05) is 0 Å². The molecule has 1 aliphatic carbocycles. The number of nitrogens with zero attached hydrogens (tertiary/aromatic N) is 4. The van der Waals surface area contributed by atoms with Crippen LogP contribution in [0.4, 0.5) is 11.8 Å². The first-order valence-electron chi connectivity index (χ1n) is 7.47. The Hall–Kier alpha value is -2.42. The summed E-state index contributed by atoms with van der Waals surface area (Å²) in [4.78, 5) is 29.1. The number of ether oxygens (including phenoxy) is 1. The van der Waals surface area contributed by atoms with E-state index in [1.54, 1.807) is 11.8 Å². The monoisotopic (exact) mass is 350 g/mol. The molecule has 9 heteroatoms. The summed E-state index contributed by atoms with van der Waals surface area (Å²) < 4.78 is 4.59. The quantitative estimate of drug-likeness (QED) is 0.600. The molecular weight excluding hydrogens is 328 g/mol. The summed E-state index contributed by atoms with van der Waals surface area (Å²) in [5, 5.41) is 6.60. The lowest BCUT2D eigenvalue weighted by atomic mass is 9.87. The van der Waals surface area contributed by atoms with E-state index in [1.807, 2.05) is 18.6 Å². The molecule has 2 N–H and O–H groups in total. The van der Waals surface area contributed by atoms with E-state index in [0.717, 1.165) is 17.7 Å². The van der Waals surface area contributed by atoms with Gasteiger partial charge < -0.3 is 15.4 Å². The Kier molecular flexibility index (Phi) is 5.09. The highest BCUT2D eigenvalue weighted by Crippen LogP contribution is 2.26. The number of aromatic nitrogens is 4. The molecule has 8 nitrogen and oxygen atoms in total. The normalized spacial score (nSPS) is 19.2.